The Morgan fingerprint density at radius 1 is 1.44 bits per heavy atom. The van der Waals surface area contributed by atoms with Crippen molar-refractivity contribution in [3.63, 3.8) is 0 Å². The Labute approximate surface area is 108 Å². The van der Waals surface area contributed by atoms with Crippen molar-refractivity contribution in [2.45, 2.75) is 20.4 Å². The smallest absolute Gasteiger partial charge is 0.290 e. The quantitative estimate of drug-likeness (QED) is 0.678. The standard InChI is InChI=1S/C11H12N4O2S/c1-7-5-13-11(18-7)6-12-10-4-3-9(15(16)17)8(2)14-10/h3-5H,6H2,1-2H3,(H,12,14). The van der Waals surface area contributed by atoms with Crippen LogP contribution in [0.1, 0.15) is 15.6 Å². The number of aryl methyl sites for hydroxylation is 2. The molecule has 0 aromatic carbocycles. The molecule has 7 heteroatoms. The zero-order valence-corrected chi connectivity index (χ0v) is 10.8. The molecule has 0 bridgehead atoms. The van der Waals surface area contributed by atoms with Crippen LogP contribution in [-0.2, 0) is 6.54 Å². The van der Waals surface area contributed by atoms with Crippen molar-refractivity contribution in [2.24, 2.45) is 0 Å². The molecule has 0 fully saturated rings. The molecular formula is C11H12N4O2S. The van der Waals surface area contributed by atoms with Gasteiger partial charge in [-0.3, -0.25) is 10.1 Å². The summed E-state index contributed by atoms with van der Waals surface area (Å²) in [6.45, 7) is 4.19. The van der Waals surface area contributed by atoms with Gasteiger partial charge in [0.25, 0.3) is 5.69 Å². The van der Waals surface area contributed by atoms with Crippen molar-refractivity contribution in [3.05, 3.63) is 44.0 Å². The maximum Gasteiger partial charge on any atom is 0.290 e. The first-order valence-corrected chi connectivity index (χ1v) is 6.15. The summed E-state index contributed by atoms with van der Waals surface area (Å²) in [4.78, 5) is 19.7. The van der Waals surface area contributed by atoms with Gasteiger partial charge < -0.3 is 5.32 Å². The third-order valence-corrected chi connectivity index (χ3v) is 3.26. The lowest BCUT2D eigenvalue weighted by atomic mass is 10.3. The summed E-state index contributed by atoms with van der Waals surface area (Å²) in [5.74, 6) is 0.617. The Balaban J connectivity index is 2.06. The summed E-state index contributed by atoms with van der Waals surface area (Å²) in [6.07, 6.45) is 1.82. The van der Waals surface area contributed by atoms with Gasteiger partial charge in [0, 0.05) is 17.1 Å². The molecule has 18 heavy (non-hydrogen) atoms. The Bertz CT molecular complexity index is 582. The second-order valence-electron chi connectivity index (χ2n) is 3.78. The van der Waals surface area contributed by atoms with E-state index in [0.29, 0.717) is 18.1 Å². The molecule has 0 atom stereocenters. The van der Waals surface area contributed by atoms with Gasteiger partial charge in [0.15, 0.2) is 0 Å². The molecule has 2 heterocycles. The van der Waals surface area contributed by atoms with Gasteiger partial charge in [-0.1, -0.05) is 0 Å². The van der Waals surface area contributed by atoms with E-state index in [9.17, 15) is 10.1 Å². The zero-order valence-electron chi connectivity index (χ0n) is 10.0. The molecule has 0 aliphatic rings. The van der Waals surface area contributed by atoms with Crippen LogP contribution in [0.4, 0.5) is 11.5 Å². The second kappa shape index (κ2) is 5.09. The fraction of sp³-hybridized carbons (Fsp3) is 0.273. The highest BCUT2D eigenvalue weighted by Crippen LogP contribution is 2.19. The number of nitrogens with one attached hydrogen (secondary N) is 1. The van der Waals surface area contributed by atoms with E-state index in [4.69, 9.17) is 0 Å². The lowest BCUT2D eigenvalue weighted by Crippen LogP contribution is -2.03. The molecule has 1 N–H and O–H groups in total. The van der Waals surface area contributed by atoms with Crippen LogP contribution in [0.5, 0.6) is 0 Å². The van der Waals surface area contributed by atoms with E-state index >= 15 is 0 Å². The Morgan fingerprint density at radius 2 is 2.22 bits per heavy atom. The van der Waals surface area contributed by atoms with Gasteiger partial charge >= 0.3 is 0 Å². The predicted octanol–water partition coefficient (Wildman–Crippen LogP) is 2.68. The molecule has 0 aliphatic heterocycles. The Morgan fingerprint density at radius 3 is 2.78 bits per heavy atom. The fourth-order valence-electron chi connectivity index (χ4n) is 1.49. The molecule has 0 saturated heterocycles. The molecule has 2 aromatic rings. The van der Waals surface area contributed by atoms with Crippen LogP contribution in [0.25, 0.3) is 0 Å². The van der Waals surface area contributed by atoms with Crippen LogP contribution in [0.15, 0.2) is 18.3 Å². The lowest BCUT2D eigenvalue weighted by Gasteiger charge is -2.04. The molecule has 2 rings (SSSR count). The van der Waals surface area contributed by atoms with E-state index in [-0.39, 0.29) is 5.69 Å². The normalized spacial score (nSPS) is 10.3. The molecule has 2 aromatic heterocycles. The van der Waals surface area contributed by atoms with Crippen LogP contribution in [0.3, 0.4) is 0 Å². The molecule has 6 nitrogen and oxygen atoms in total. The largest absolute Gasteiger partial charge is 0.364 e. The van der Waals surface area contributed by atoms with Crippen LogP contribution in [0, 0.1) is 24.0 Å². The van der Waals surface area contributed by atoms with Crippen LogP contribution < -0.4 is 5.32 Å². The minimum atomic E-state index is -0.434. The Hall–Kier alpha value is -2.02. The molecule has 0 spiro atoms. The second-order valence-corrected chi connectivity index (χ2v) is 5.10. The number of hydrogen-bond acceptors (Lipinski definition) is 6. The first-order chi connectivity index (χ1) is 8.56. The maximum atomic E-state index is 10.7. The topological polar surface area (TPSA) is 81.0 Å². The minimum absolute atomic E-state index is 0.0330. The van der Waals surface area contributed by atoms with Crippen molar-refractivity contribution in [3.8, 4) is 0 Å². The van der Waals surface area contributed by atoms with E-state index < -0.39 is 4.92 Å². The van der Waals surface area contributed by atoms with E-state index in [1.807, 2.05) is 13.1 Å². The molecular weight excluding hydrogens is 252 g/mol. The van der Waals surface area contributed by atoms with Crippen LogP contribution in [-0.4, -0.2) is 14.9 Å². The van der Waals surface area contributed by atoms with E-state index in [1.165, 1.54) is 6.07 Å². The summed E-state index contributed by atoms with van der Waals surface area (Å²) in [6, 6.07) is 3.06. The lowest BCUT2D eigenvalue weighted by molar-refractivity contribution is -0.385. The van der Waals surface area contributed by atoms with Gasteiger partial charge in [0.2, 0.25) is 0 Å². The first kappa shape index (κ1) is 12.4. The summed E-state index contributed by atoms with van der Waals surface area (Å²) < 4.78 is 0. The summed E-state index contributed by atoms with van der Waals surface area (Å²) in [5, 5.41) is 14.7. The van der Waals surface area contributed by atoms with Gasteiger partial charge in [0.05, 0.1) is 11.5 Å². The zero-order chi connectivity index (χ0) is 13.1. The van der Waals surface area contributed by atoms with Gasteiger partial charge in [-0.05, 0) is 19.9 Å². The van der Waals surface area contributed by atoms with Crippen molar-refractivity contribution in [1.29, 1.82) is 0 Å². The highest BCUT2D eigenvalue weighted by molar-refractivity contribution is 7.11. The van der Waals surface area contributed by atoms with Gasteiger partial charge in [-0.2, -0.15) is 0 Å². The number of nitrogens with zero attached hydrogens (tertiary/aromatic N) is 3. The van der Waals surface area contributed by atoms with Crippen LogP contribution >= 0.6 is 11.3 Å². The number of aromatic nitrogens is 2. The fourth-order valence-corrected chi connectivity index (χ4v) is 2.22. The molecule has 0 amide bonds. The summed E-state index contributed by atoms with van der Waals surface area (Å²) in [7, 11) is 0. The first-order valence-electron chi connectivity index (χ1n) is 5.33. The number of rotatable bonds is 4. The van der Waals surface area contributed by atoms with Gasteiger partial charge in [-0.15, -0.1) is 11.3 Å². The van der Waals surface area contributed by atoms with Gasteiger partial charge in [0.1, 0.15) is 16.5 Å². The highest BCUT2D eigenvalue weighted by atomic mass is 32.1. The molecule has 94 valence electrons. The van der Waals surface area contributed by atoms with Crippen molar-refractivity contribution in [2.75, 3.05) is 5.32 Å². The highest BCUT2D eigenvalue weighted by Gasteiger charge is 2.11. The average Bonchev–Trinajstić information content (AvgIpc) is 2.72. The third kappa shape index (κ3) is 2.80. The molecule has 0 saturated carbocycles. The average molecular weight is 264 g/mol. The number of pyridine rings is 1. The van der Waals surface area contributed by atoms with E-state index in [0.717, 1.165) is 9.88 Å². The number of nitro groups is 1. The van der Waals surface area contributed by atoms with Crippen molar-refractivity contribution >= 4 is 22.8 Å². The minimum Gasteiger partial charge on any atom is -0.364 e. The molecule has 0 aliphatic carbocycles. The number of anilines is 1. The predicted molar refractivity (Wildman–Crippen MR) is 69.8 cm³/mol. The third-order valence-electron chi connectivity index (χ3n) is 2.34. The van der Waals surface area contributed by atoms with Crippen molar-refractivity contribution in [1.82, 2.24) is 9.97 Å². The number of thiazole rings is 1. The summed E-state index contributed by atoms with van der Waals surface area (Å²) >= 11 is 1.61. The molecule has 0 unspecified atom stereocenters. The summed E-state index contributed by atoms with van der Waals surface area (Å²) in [5.41, 5.74) is 0.436. The van der Waals surface area contributed by atoms with E-state index in [1.54, 1.807) is 24.3 Å². The monoisotopic (exact) mass is 264 g/mol. The van der Waals surface area contributed by atoms with Gasteiger partial charge in [-0.25, -0.2) is 9.97 Å². The van der Waals surface area contributed by atoms with Crippen LogP contribution in [0.2, 0.25) is 0 Å². The SMILES string of the molecule is Cc1cnc(CNc2ccc([N+](=O)[O-])c(C)n2)s1. The number of hydrogen-bond donors (Lipinski definition) is 1. The van der Waals surface area contributed by atoms with E-state index in [2.05, 4.69) is 15.3 Å². The molecule has 0 radical (unpaired) electrons. The maximum absolute atomic E-state index is 10.7. The van der Waals surface area contributed by atoms with Crippen molar-refractivity contribution < 1.29 is 4.92 Å². The Kier molecular flexibility index (Phi) is 3.52.